The number of ketones is 2. The summed E-state index contributed by atoms with van der Waals surface area (Å²) in [7, 11) is 0. The van der Waals surface area contributed by atoms with Gasteiger partial charge >= 0.3 is 0 Å². The first kappa shape index (κ1) is 15.8. The molecule has 0 spiro atoms. The third-order valence-corrected chi connectivity index (χ3v) is 7.77. The lowest BCUT2D eigenvalue weighted by atomic mass is 9.51. The van der Waals surface area contributed by atoms with Crippen molar-refractivity contribution in [3.63, 3.8) is 0 Å². The first-order valence-electron chi connectivity index (χ1n) is 9.06. The highest BCUT2D eigenvalue weighted by molar-refractivity contribution is 6.21. The maximum atomic E-state index is 12.6. The van der Waals surface area contributed by atoms with Gasteiger partial charge in [-0.1, -0.05) is 12.5 Å². The van der Waals surface area contributed by atoms with Crippen molar-refractivity contribution in [2.24, 2.45) is 29.1 Å². The number of hydrogen-bond donors (Lipinski definition) is 1. The summed E-state index contributed by atoms with van der Waals surface area (Å²) in [5.41, 5.74) is 0.870. The fraction of sp³-hybridized carbons (Fsp3) is 0.789. The maximum Gasteiger partial charge on any atom is 0.155 e. The van der Waals surface area contributed by atoms with E-state index < -0.39 is 11.5 Å². The van der Waals surface area contributed by atoms with E-state index in [-0.39, 0.29) is 22.9 Å². The lowest BCUT2D eigenvalue weighted by molar-refractivity contribution is -0.133. The zero-order chi connectivity index (χ0) is 16.4. The maximum absolute atomic E-state index is 12.6. The van der Waals surface area contributed by atoms with Gasteiger partial charge in [0.1, 0.15) is 5.78 Å². The Bertz CT molecular complexity index is 583. The van der Waals surface area contributed by atoms with E-state index in [0.717, 1.165) is 25.7 Å². The van der Waals surface area contributed by atoms with Crippen molar-refractivity contribution in [3.8, 4) is 0 Å². The molecule has 0 saturated heterocycles. The van der Waals surface area contributed by atoms with Crippen molar-refractivity contribution >= 4 is 23.2 Å². The first-order valence-corrected chi connectivity index (χ1v) is 9.50. The van der Waals surface area contributed by atoms with E-state index in [0.29, 0.717) is 37.0 Å². The van der Waals surface area contributed by atoms with Crippen LogP contribution in [-0.2, 0) is 9.59 Å². The molecule has 0 aliphatic heterocycles. The molecule has 0 heterocycles. The monoisotopic (exact) mass is 336 g/mol. The molecular formula is C19H25ClO3. The van der Waals surface area contributed by atoms with Gasteiger partial charge in [-0.3, -0.25) is 9.59 Å². The highest BCUT2D eigenvalue weighted by atomic mass is 35.5. The van der Waals surface area contributed by atoms with Gasteiger partial charge in [-0.05, 0) is 55.9 Å². The molecule has 0 amide bonds. The number of alkyl halides is 1. The number of allylic oxidation sites excluding steroid dienone is 1. The van der Waals surface area contributed by atoms with Crippen LogP contribution in [0.3, 0.4) is 0 Å². The van der Waals surface area contributed by atoms with E-state index in [1.165, 1.54) is 5.57 Å². The Labute approximate surface area is 142 Å². The zero-order valence-corrected chi connectivity index (χ0v) is 14.4. The van der Waals surface area contributed by atoms with E-state index in [4.69, 9.17) is 11.6 Å². The summed E-state index contributed by atoms with van der Waals surface area (Å²) >= 11 is 6.85. The number of aliphatic hydroxyl groups excluding tert-OH is 1. The molecule has 3 saturated carbocycles. The van der Waals surface area contributed by atoms with Gasteiger partial charge < -0.3 is 5.11 Å². The van der Waals surface area contributed by atoms with Gasteiger partial charge in [-0.25, -0.2) is 0 Å². The standard InChI is InChI=1S/C19H25ClO3/c1-2-19-9-14(20)17-12-6-4-11(21)7-10(12)3-5-13(17)18(19)15(22)8-16(19)23/h7,12-15,17-18,22H,2-6,8-9H2,1H3/t12-,13+,14-,15-,17+,18+,19+/m0/s1. The molecule has 4 rings (SSSR count). The second-order valence-electron chi connectivity index (χ2n) is 8.06. The molecule has 4 heteroatoms. The first-order chi connectivity index (χ1) is 11.0. The smallest absolute Gasteiger partial charge is 0.155 e. The van der Waals surface area contributed by atoms with Crippen molar-refractivity contribution in [1.29, 1.82) is 0 Å². The molecule has 4 aliphatic rings. The summed E-state index contributed by atoms with van der Waals surface area (Å²) in [6.45, 7) is 2.07. The van der Waals surface area contributed by atoms with Crippen LogP contribution >= 0.6 is 11.6 Å². The second kappa shape index (κ2) is 5.42. The predicted octanol–water partition coefficient (Wildman–Crippen LogP) is 3.28. The fourth-order valence-electron chi connectivity index (χ4n) is 6.41. The van der Waals surface area contributed by atoms with Crippen molar-refractivity contribution in [3.05, 3.63) is 11.6 Å². The van der Waals surface area contributed by atoms with Crippen LogP contribution in [0.15, 0.2) is 11.6 Å². The molecule has 23 heavy (non-hydrogen) atoms. The van der Waals surface area contributed by atoms with Crippen molar-refractivity contribution in [2.45, 2.75) is 63.4 Å². The molecule has 0 radical (unpaired) electrons. The van der Waals surface area contributed by atoms with Crippen LogP contribution < -0.4 is 0 Å². The van der Waals surface area contributed by atoms with E-state index in [2.05, 4.69) is 6.92 Å². The van der Waals surface area contributed by atoms with Crippen LogP contribution in [0.25, 0.3) is 0 Å². The minimum atomic E-state index is -0.505. The van der Waals surface area contributed by atoms with Crippen molar-refractivity contribution < 1.29 is 14.7 Å². The van der Waals surface area contributed by atoms with Gasteiger partial charge in [0.25, 0.3) is 0 Å². The minimum absolute atomic E-state index is 0.0210. The lowest BCUT2D eigenvalue weighted by Crippen LogP contribution is -2.54. The van der Waals surface area contributed by atoms with Gasteiger partial charge in [-0.2, -0.15) is 0 Å². The Balaban J connectivity index is 1.73. The number of carbonyl (C=O) groups excluding carboxylic acids is 2. The Morgan fingerprint density at radius 3 is 2.83 bits per heavy atom. The Kier molecular flexibility index (Phi) is 3.73. The number of aliphatic hydroxyl groups is 1. The number of halogens is 1. The minimum Gasteiger partial charge on any atom is -0.392 e. The molecule has 0 aromatic rings. The van der Waals surface area contributed by atoms with Gasteiger partial charge in [0, 0.05) is 29.6 Å². The predicted molar refractivity (Wildman–Crippen MR) is 88.1 cm³/mol. The molecule has 0 unspecified atom stereocenters. The SMILES string of the molecule is CC[C@]12C[C@H](Cl)[C@H]3[C@@H](CCC4=CC(=O)CC[C@@H]43)[C@@H]1[C@@H](O)CC2=O. The van der Waals surface area contributed by atoms with Crippen molar-refractivity contribution in [1.82, 2.24) is 0 Å². The molecule has 1 N–H and O–H groups in total. The summed E-state index contributed by atoms with van der Waals surface area (Å²) in [6, 6.07) is 0. The average Bonchev–Trinajstić information content (AvgIpc) is 2.77. The molecular weight excluding hydrogens is 312 g/mol. The van der Waals surface area contributed by atoms with E-state index in [1.807, 2.05) is 6.08 Å². The van der Waals surface area contributed by atoms with Gasteiger partial charge in [0.2, 0.25) is 0 Å². The highest BCUT2D eigenvalue weighted by Crippen LogP contribution is 2.62. The molecule has 4 aliphatic carbocycles. The number of Topliss-reactive ketones (excluding diaryl/α,β-unsaturated/α-hetero) is 1. The molecule has 0 aromatic heterocycles. The van der Waals surface area contributed by atoms with E-state index >= 15 is 0 Å². The summed E-state index contributed by atoms with van der Waals surface area (Å²) < 4.78 is 0. The van der Waals surface area contributed by atoms with Crippen LogP contribution in [0.4, 0.5) is 0 Å². The van der Waals surface area contributed by atoms with Gasteiger partial charge in [0.05, 0.1) is 6.10 Å². The number of hydrogen-bond acceptors (Lipinski definition) is 3. The fourth-order valence-corrected chi connectivity index (χ4v) is 7.05. The summed E-state index contributed by atoms with van der Waals surface area (Å²) in [4.78, 5) is 24.4. The van der Waals surface area contributed by atoms with Crippen LogP contribution in [-0.4, -0.2) is 28.2 Å². The van der Waals surface area contributed by atoms with Gasteiger partial charge in [0.15, 0.2) is 5.78 Å². The lowest BCUT2D eigenvalue weighted by Gasteiger charge is -2.55. The number of rotatable bonds is 1. The van der Waals surface area contributed by atoms with Gasteiger partial charge in [-0.15, -0.1) is 11.6 Å². The van der Waals surface area contributed by atoms with E-state index in [1.54, 1.807) is 0 Å². The normalized spacial score (nSPS) is 49.3. The zero-order valence-electron chi connectivity index (χ0n) is 13.6. The quantitative estimate of drug-likeness (QED) is 0.748. The number of fused-ring (bicyclic) bond motifs is 5. The largest absolute Gasteiger partial charge is 0.392 e. The molecule has 0 aromatic carbocycles. The summed E-state index contributed by atoms with van der Waals surface area (Å²) in [6.07, 6.45) is 6.53. The third kappa shape index (κ3) is 2.12. The number of carbonyl (C=O) groups is 2. The average molecular weight is 337 g/mol. The van der Waals surface area contributed by atoms with Crippen LogP contribution in [0.1, 0.15) is 51.9 Å². The third-order valence-electron chi connectivity index (χ3n) is 7.32. The molecule has 3 fully saturated rings. The Morgan fingerprint density at radius 1 is 1.30 bits per heavy atom. The Morgan fingerprint density at radius 2 is 2.09 bits per heavy atom. The Hall–Kier alpha value is -0.670. The van der Waals surface area contributed by atoms with Crippen LogP contribution in [0, 0.1) is 29.1 Å². The summed E-state index contributed by atoms with van der Waals surface area (Å²) in [5, 5.41) is 10.6. The van der Waals surface area contributed by atoms with Crippen LogP contribution in [0.5, 0.6) is 0 Å². The molecule has 7 atom stereocenters. The van der Waals surface area contributed by atoms with Crippen LogP contribution in [0.2, 0.25) is 0 Å². The van der Waals surface area contributed by atoms with Crippen molar-refractivity contribution in [2.75, 3.05) is 0 Å². The highest BCUT2D eigenvalue weighted by Gasteiger charge is 2.63. The topological polar surface area (TPSA) is 54.4 Å². The molecule has 0 bridgehead atoms. The summed E-state index contributed by atoms with van der Waals surface area (Å²) in [5.74, 6) is 1.56. The second-order valence-corrected chi connectivity index (χ2v) is 8.62. The van der Waals surface area contributed by atoms with E-state index in [9.17, 15) is 14.7 Å². The molecule has 126 valence electrons. The molecule has 3 nitrogen and oxygen atoms in total.